The number of nitrogens with zero attached hydrogens (tertiary/aromatic N) is 3. The van der Waals surface area contributed by atoms with E-state index in [4.69, 9.17) is 9.72 Å². The number of aryl methyl sites for hydroxylation is 1. The van der Waals surface area contributed by atoms with Gasteiger partial charge in [0.05, 0.1) is 25.5 Å². The maximum absolute atomic E-state index is 12.6. The molecule has 0 spiro atoms. The summed E-state index contributed by atoms with van der Waals surface area (Å²) in [5, 5.41) is 5.92. The van der Waals surface area contributed by atoms with Crippen LogP contribution in [0, 0.1) is 6.92 Å². The summed E-state index contributed by atoms with van der Waals surface area (Å²) in [6, 6.07) is 7.89. The Hall–Kier alpha value is -3.01. The Morgan fingerprint density at radius 3 is 2.71 bits per heavy atom. The molecule has 8 nitrogen and oxygen atoms in total. The first-order valence-electron chi connectivity index (χ1n) is 11.7. The zero-order chi connectivity index (χ0) is 23.5. The Labute approximate surface area is 202 Å². The number of benzene rings is 1. The molecule has 1 aromatic carbocycles. The molecule has 2 fully saturated rings. The van der Waals surface area contributed by atoms with Crippen LogP contribution in [0.25, 0.3) is 21.8 Å². The first-order valence-corrected chi connectivity index (χ1v) is 12.6. The second-order valence-electron chi connectivity index (χ2n) is 8.81. The number of carbonyl (C=O) groups is 2. The van der Waals surface area contributed by atoms with Crippen LogP contribution in [0.2, 0.25) is 0 Å². The molecule has 178 valence electrons. The van der Waals surface area contributed by atoms with Gasteiger partial charge in [-0.3, -0.25) is 14.5 Å². The highest BCUT2D eigenvalue weighted by molar-refractivity contribution is 7.13. The number of aromatic amines is 1. The molecular formula is C25H29N5O3S. The largest absolute Gasteiger partial charge is 0.379 e. The van der Waals surface area contributed by atoms with Crippen molar-refractivity contribution in [3.8, 4) is 21.8 Å². The minimum atomic E-state index is -0.0236. The van der Waals surface area contributed by atoms with E-state index in [2.05, 4.69) is 15.2 Å². The second kappa shape index (κ2) is 10.1. The first kappa shape index (κ1) is 22.8. The molecule has 2 saturated heterocycles. The summed E-state index contributed by atoms with van der Waals surface area (Å²) in [4.78, 5) is 37.1. The number of amides is 2. The standard InChI is InChI=1S/C25H29N5O3S/c1-17-4-5-18(12-20(17)27-23(31)15-29-8-10-33-11-9-29)24-28-22(16-34-24)19-13-21(26-14-19)25(32)30-6-2-3-7-30/h4-5,12-14,16,26H,2-3,6-11,15H2,1H3,(H,27,31). The monoisotopic (exact) mass is 479 g/mol. The van der Waals surface area contributed by atoms with Gasteiger partial charge in [0.1, 0.15) is 10.7 Å². The number of hydrogen-bond donors (Lipinski definition) is 2. The quantitative estimate of drug-likeness (QED) is 0.564. The second-order valence-corrected chi connectivity index (χ2v) is 9.66. The molecule has 2 aliphatic rings. The van der Waals surface area contributed by atoms with Crippen molar-refractivity contribution in [1.82, 2.24) is 19.8 Å². The van der Waals surface area contributed by atoms with Crippen molar-refractivity contribution >= 4 is 28.8 Å². The molecule has 0 bridgehead atoms. The van der Waals surface area contributed by atoms with Crippen molar-refractivity contribution in [2.75, 3.05) is 51.3 Å². The average Bonchev–Trinajstić information content (AvgIpc) is 3.62. The van der Waals surface area contributed by atoms with Crippen LogP contribution in [0.3, 0.4) is 0 Å². The number of nitrogens with one attached hydrogen (secondary N) is 2. The van der Waals surface area contributed by atoms with Crippen LogP contribution in [0.5, 0.6) is 0 Å². The van der Waals surface area contributed by atoms with Gasteiger partial charge in [-0.25, -0.2) is 4.98 Å². The van der Waals surface area contributed by atoms with Crippen LogP contribution >= 0.6 is 11.3 Å². The summed E-state index contributed by atoms with van der Waals surface area (Å²) >= 11 is 1.55. The van der Waals surface area contributed by atoms with Crippen molar-refractivity contribution < 1.29 is 14.3 Å². The lowest BCUT2D eigenvalue weighted by Gasteiger charge is -2.25. The van der Waals surface area contributed by atoms with Crippen LogP contribution in [-0.4, -0.2) is 77.5 Å². The Bertz CT molecular complexity index is 1170. The van der Waals surface area contributed by atoms with E-state index < -0.39 is 0 Å². The van der Waals surface area contributed by atoms with E-state index in [1.807, 2.05) is 47.7 Å². The van der Waals surface area contributed by atoms with Crippen molar-refractivity contribution in [2.24, 2.45) is 0 Å². The number of aromatic nitrogens is 2. The van der Waals surface area contributed by atoms with Crippen molar-refractivity contribution in [1.29, 1.82) is 0 Å². The molecule has 0 aliphatic carbocycles. The minimum Gasteiger partial charge on any atom is -0.379 e. The van der Waals surface area contributed by atoms with Gasteiger partial charge in [-0.1, -0.05) is 12.1 Å². The van der Waals surface area contributed by atoms with Crippen LogP contribution in [-0.2, 0) is 9.53 Å². The minimum absolute atomic E-state index is 0.0236. The molecule has 0 unspecified atom stereocenters. The molecule has 0 atom stereocenters. The number of thiazole rings is 1. The molecule has 34 heavy (non-hydrogen) atoms. The molecule has 2 amide bonds. The van der Waals surface area contributed by atoms with E-state index in [0.717, 1.165) is 72.1 Å². The molecule has 0 radical (unpaired) electrons. The number of ether oxygens (including phenoxy) is 1. The maximum Gasteiger partial charge on any atom is 0.270 e. The average molecular weight is 480 g/mol. The molecule has 2 aromatic heterocycles. The highest BCUT2D eigenvalue weighted by Crippen LogP contribution is 2.32. The summed E-state index contributed by atoms with van der Waals surface area (Å²) in [7, 11) is 0. The predicted molar refractivity (Wildman–Crippen MR) is 133 cm³/mol. The highest BCUT2D eigenvalue weighted by atomic mass is 32.1. The third kappa shape index (κ3) is 5.06. The lowest BCUT2D eigenvalue weighted by molar-refractivity contribution is -0.118. The summed E-state index contributed by atoms with van der Waals surface area (Å²) in [5.74, 6) is 0.0275. The van der Waals surface area contributed by atoms with E-state index in [1.165, 1.54) is 0 Å². The van der Waals surface area contributed by atoms with Gasteiger partial charge in [-0.15, -0.1) is 11.3 Å². The Kier molecular flexibility index (Phi) is 6.75. The number of rotatable bonds is 6. The normalized spacial score (nSPS) is 16.7. The topological polar surface area (TPSA) is 90.6 Å². The number of hydrogen-bond acceptors (Lipinski definition) is 6. The van der Waals surface area contributed by atoms with Gasteiger partial charge in [0.2, 0.25) is 5.91 Å². The predicted octanol–water partition coefficient (Wildman–Crippen LogP) is 3.62. The van der Waals surface area contributed by atoms with E-state index in [0.29, 0.717) is 25.5 Å². The zero-order valence-corrected chi connectivity index (χ0v) is 20.1. The molecule has 9 heteroatoms. The van der Waals surface area contributed by atoms with Crippen molar-refractivity contribution in [3.05, 3.63) is 47.1 Å². The molecular weight excluding hydrogens is 450 g/mol. The van der Waals surface area contributed by atoms with E-state index in [-0.39, 0.29) is 11.8 Å². The number of likely N-dealkylation sites (tertiary alicyclic amines) is 1. The van der Waals surface area contributed by atoms with Crippen LogP contribution in [0.1, 0.15) is 28.9 Å². The van der Waals surface area contributed by atoms with E-state index in [1.54, 1.807) is 11.3 Å². The Morgan fingerprint density at radius 1 is 1.12 bits per heavy atom. The fourth-order valence-electron chi connectivity index (χ4n) is 4.34. The summed E-state index contributed by atoms with van der Waals surface area (Å²) in [5.41, 5.74) is 5.09. The first-order chi connectivity index (χ1) is 16.6. The fourth-order valence-corrected chi connectivity index (χ4v) is 5.16. The number of morpholine rings is 1. The zero-order valence-electron chi connectivity index (χ0n) is 19.3. The van der Waals surface area contributed by atoms with Crippen LogP contribution < -0.4 is 5.32 Å². The van der Waals surface area contributed by atoms with E-state index >= 15 is 0 Å². The lowest BCUT2D eigenvalue weighted by Crippen LogP contribution is -2.41. The highest BCUT2D eigenvalue weighted by Gasteiger charge is 2.21. The molecule has 3 aromatic rings. The SMILES string of the molecule is Cc1ccc(-c2nc(-c3c[nH]c(C(=O)N4CCCC4)c3)cs2)cc1NC(=O)CN1CCOCC1. The van der Waals surface area contributed by atoms with Gasteiger partial charge in [0.25, 0.3) is 5.91 Å². The summed E-state index contributed by atoms with van der Waals surface area (Å²) in [6.07, 6.45) is 3.98. The van der Waals surface area contributed by atoms with E-state index in [9.17, 15) is 9.59 Å². The number of carbonyl (C=O) groups excluding carboxylic acids is 2. The maximum atomic E-state index is 12.6. The lowest BCUT2D eigenvalue weighted by atomic mass is 10.1. The third-order valence-corrected chi connectivity index (χ3v) is 7.23. The number of H-pyrrole nitrogens is 1. The van der Waals surface area contributed by atoms with Crippen molar-refractivity contribution in [2.45, 2.75) is 19.8 Å². The molecule has 0 saturated carbocycles. The smallest absolute Gasteiger partial charge is 0.270 e. The summed E-state index contributed by atoms with van der Waals surface area (Å²) < 4.78 is 5.35. The fraction of sp³-hybridized carbons (Fsp3) is 0.400. The molecule has 4 heterocycles. The Balaban J connectivity index is 1.28. The van der Waals surface area contributed by atoms with Crippen LogP contribution in [0.15, 0.2) is 35.8 Å². The summed E-state index contributed by atoms with van der Waals surface area (Å²) in [6.45, 7) is 6.89. The third-order valence-electron chi connectivity index (χ3n) is 6.34. The van der Waals surface area contributed by atoms with Gasteiger partial charge < -0.3 is 19.9 Å². The molecule has 5 rings (SSSR count). The van der Waals surface area contributed by atoms with Gasteiger partial charge in [-0.2, -0.15) is 0 Å². The molecule has 2 aliphatic heterocycles. The van der Waals surface area contributed by atoms with Gasteiger partial charge in [0, 0.05) is 54.6 Å². The number of anilines is 1. The van der Waals surface area contributed by atoms with Gasteiger partial charge in [-0.05, 0) is 37.5 Å². The Morgan fingerprint density at radius 2 is 1.91 bits per heavy atom. The molecule has 2 N–H and O–H groups in total. The van der Waals surface area contributed by atoms with Gasteiger partial charge >= 0.3 is 0 Å². The van der Waals surface area contributed by atoms with Crippen molar-refractivity contribution in [3.63, 3.8) is 0 Å². The van der Waals surface area contributed by atoms with Crippen LogP contribution in [0.4, 0.5) is 5.69 Å². The van der Waals surface area contributed by atoms with Gasteiger partial charge in [0.15, 0.2) is 0 Å².